The second-order valence-corrected chi connectivity index (χ2v) is 3.94. The first-order valence-electron chi connectivity index (χ1n) is 6.17. The van der Waals surface area contributed by atoms with E-state index in [0.717, 1.165) is 18.9 Å². The number of aromatic nitrogens is 1. The number of nitrogens with zero attached hydrogens (tertiary/aromatic N) is 2. The van der Waals surface area contributed by atoms with Crippen molar-refractivity contribution in [3.8, 4) is 0 Å². The van der Waals surface area contributed by atoms with Crippen LogP contribution in [0.3, 0.4) is 0 Å². The van der Waals surface area contributed by atoms with Gasteiger partial charge in [-0.3, -0.25) is 4.79 Å². The van der Waals surface area contributed by atoms with Crippen LogP contribution in [0, 0.1) is 0 Å². The van der Waals surface area contributed by atoms with Gasteiger partial charge in [0.15, 0.2) is 0 Å². The number of nitrogens with one attached hydrogen (secondary N) is 1. The lowest BCUT2D eigenvalue weighted by molar-refractivity contribution is -0.124. The number of anilines is 2. The molecule has 0 aliphatic heterocycles. The molecule has 1 heterocycles. The molecule has 0 aliphatic rings. The highest BCUT2D eigenvalue weighted by Gasteiger charge is 2.11. The number of carbonyl (C=O) groups is 1. The van der Waals surface area contributed by atoms with E-state index < -0.39 is 6.10 Å². The van der Waals surface area contributed by atoms with Crippen LogP contribution in [0.25, 0.3) is 0 Å². The molecule has 1 N–H and O–H groups in total. The topological polar surface area (TPSA) is 54.5 Å². The van der Waals surface area contributed by atoms with E-state index in [-0.39, 0.29) is 5.91 Å². The van der Waals surface area contributed by atoms with Gasteiger partial charge in [-0.05, 0) is 32.9 Å². The first kappa shape index (κ1) is 14.4. The first-order chi connectivity index (χ1) is 8.62. The lowest BCUT2D eigenvalue weighted by Gasteiger charge is -2.19. The van der Waals surface area contributed by atoms with Crippen molar-refractivity contribution in [3.63, 3.8) is 0 Å². The molecule has 0 bridgehead atoms. The third-order valence-corrected chi connectivity index (χ3v) is 2.83. The van der Waals surface area contributed by atoms with Crippen molar-refractivity contribution in [2.24, 2.45) is 0 Å². The van der Waals surface area contributed by atoms with Gasteiger partial charge in [-0.25, -0.2) is 4.98 Å². The number of rotatable bonds is 6. The molecule has 1 rings (SSSR count). The molecular formula is C13H21N3O2. The molecule has 1 atom stereocenters. The monoisotopic (exact) mass is 251 g/mol. The van der Waals surface area contributed by atoms with Gasteiger partial charge in [0.2, 0.25) is 0 Å². The standard InChI is InChI=1S/C13H21N3O2/c1-5-16(6-2)12-8-7-11(9-14-12)15-13(17)10(3)18-4/h7-10H,5-6H2,1-4H3,(H,15,17). The third kappa shape index (κ3) is 3.70. The minimum absolute atomic E-state index is 0.171. The molecule has 18 heavy (non-hydrogen) atoms. The van der Waals surface area contributed by atoms with Crippen LogP contribution in [0.4, 0.5) is 11.5 Å². The fraction of sp³-hybridized carbons (Fsp3) is 0.538. The van der Waals surface area contributed by atoms with Crippen LogP contribution in [-0.2, 0) is 9.53 Å². The summed E-state index contributed by atoms with van der Waals surface area (Å²) in [7, 11) is 1.51. The summed E-state index contributed by atoms with van der Waals surface area (Å²) >= 11 is 0. The Kier molecular flexibility index (Phi) is 5.58. The van der Waals surface area contributed by atoms with E-state index in [1.807, 2.05) is 12.1 Å². The summed E-state index contributed by atoms with van der Waals surface area (Å²) in [5.74, 6) is 0.743. The molecule has 0 aromatic carbocycles. The van der Waals surface area contributed by atoms with E-state index in [9.17, 15) is 4.79 Å². The molecule has 1 aromatic rings. The van der Waals surface area contributed by atoms with Crippen LogP contribution in [0.2, 0.25) is 0 Å². The van der Waals surface area contributed by atoms with Crippen LogP contribution in [0.1, 0.15) is 20.8 Å². The number of pyridine rings is 1. The zero-order valence-corrected chi connectivity index (χ0v) is 11.4. The maximum absolute atomic E-state index is 11.6. The Morgan fingerprint density at radius 1 is 1.44 bits per heavy atom. The average Bonchev–Trinajstić information content (AvgIpc) is 2.41. The second-order valence-electron chi connectivity index (χ2n) is 3.94. The summed E-state index contributed by atoms with van der Waals surface area (Å²) in [6, 6.07) is 3.75. The SMILES string of the molecule is CCN(CC)c1ccc(NC(=O)C(C)OC)cn1. The highest BCUT2D eigenvalue weighted by atomic mass is 16.5. The molecule has 0 saturated heterocycles. The molecule has 1 aromatic heterocycles. The van der Waals surface area contributed by atoms with Crippen molar-refractivity contribution in [2.75, 3.05) is 30.4 Å². The van der Waals surface area contributed by atoms with E-state index in [1.54, 1.807) is 13.1 Å². The van der Waals surface area contributed by atoms with Gasteiger partial charge in [0.1, 0.15) is 11.9 Å². The Bertz CT molecular complexity index is 374. The Hall–Kier alpha value is -1.62. The highest BCUT2D eigenvalue weighted by molar-refractivity contribution is 5.93. The van der Waals surface area contributed by atoms with Crippen molar-refractivity contribution in [3.05, 3.63) is 18.3 Å². The minimum Gasteiger partial charge on any atom is -0.372 e. The number of carbonyl (C=O) groups excluding carboxylic acids is 1. The van der Waals surface area contributed by atoms with Crippen LogP contribution < -0.4 is 10.2 Å². The van der Waals surface area contributed by atoms with Gasteiger partial charge in [0.25, 0.3) is 5.91 Å². The summed E-state index contributed by atoms with van der Waals surface area (Å²) in [6.45, 7) is 7.70. The summed E-state index contributed by atoms with van der Waals surface area (Å²) in [5, 5.41) is 2.75. The summed E-state index contributed by atoms with van der Waals surface area (Å²) in [4.78, 5) is 18.1. The van der Waals surface area contributed by atoms with E-state index in [4.69, 9.17) is 4.74 Å². The number of amides is 1. The van der Waals surface area contributed by atoms with Gasteiger partial charge in [-0.2, -0.15) is 0 Å². The maximum atomic E-state index is 11.6. The van der Waals surface area contributed by atoms with E-state index >= 15 is 0 Å². The third-order valence-electron chi connectivity index (χ3n) is 2.83. The Labute approximate surface area is 108 Å². The van der Waals surface area contributed by atoms with Crippen LogP contribution in [0.5, 0.6) is 0 Å². The second kappa shape index (κ2) is 6.96. The van der Waals surface area contributed by atoms with E-state index in [2.05, 4.69) is 29.0 Å². The smallest absolute Gasteiger partial charge is 0.253 e. The molecule has 1 unspecified atom stereocenters. The molecule has 5 nitrogen and oxygen atoms in total. The van der Waals surface area contributed by atoms with Gasteiger partial charge < -0.3 is 15.0 Å². The van der Waals surface area contributed by atoms with E-state index in [1.165, 1.54) is 7.11 Å². The quantitative estimate of drug-likeness (QED) is 0.839. The largest absolute Gasteiger partial charge is 0.372 e. The van der Waals surface area contributed by atoms with Gasteiger partial charge >= 0.3 is 0 Å². The first-order valence-corrected chi connectivity index (χ1v) is 6.17. The summed E-state index contributed by atoms with van der Waals surface area (Å²) < 4.78 is 4.94. The Balaban J connectivity index is 2.68. The van der Waals surface area contributed by atoms with Crippen LogP contribution in [-0.4, -0.2) is 37.2 Å². The molecule has 0 fully saturated rings. The number of methoxy groups -OCH3 is 1. The van der Waals surface area contributed by atoms with Gasteiger partial charge in [-0.15, -0.1) is 0 Å². The Morgan fingerprint density at radius 2 is 2.11 bits per heavy atom. The van der Waals surface area contributed by atoms with Crippen molar-refractivity contribution >= 4 is 17.4 Å². The lowest BCUT2D eigenvalue weighted by atomic mass is 10.3. The molecule has 0 radical (unpaired) electrons. The molecule has 5 heteroatoms. The van der Waals surface area contributed by atoms with Crippen molar-refractivity contribution in [1.29, 1.82) is 0 Å². The predicted molar refractivity (Wildman–Crippen MR) is 72.9 cm³/mol. The van der Waals surface area contributed by atoms with Gasteiger partial charge in [-0.1, -0.05) is 0 Å². The lowest BCUT2D eigenvalue weighted by Crippen LogP contribution is -2.27. The zero-order valence-electron chi connectivity index (χ0n) is 11.4. The van der Waals surface area contributed by atoms with Gasteiger partial charge in [0.05, 0.1) is 11.9 Å². The Morgan fingerprint density at radius 3 is 2.56 bits per heavy atom. The summed E-state index contributed by atoms with van der Waals surface area (Å²) in [6.07, 6.45) is 1.20. The number of hydrogen-bond acceptors (Lipinski definition) is 4. The molecular weight excluding hydrogens is 230 g/mol. The normalized spacial score (nSPS) is 12.0. The zero-order chi connectivity index (χ0) is 13.5. The maximum Gasteiger partial charge on any atom is 0.253 e. The molecule has 0 aliphatic carbocycles. The fourth-order valence-corrected chi connectivity index (χ4v) is 1.55. The highest BCUT2D eigenvalue weighted by Crippen LogP contribution is 2.14. The van der Waals surface area contributed by atoms with Crippen molar-refractivity contribution in [1.82, 2.24) is 4.98 Å². The predicted octanol–water partition coefficient (Wildman–Crippen LogP) is 1.90. The van der Waals surface area contributed by atoms with Crippen LogP contribution >= 0.6 is 0 Å². The summed E-state index contributed by atoms with van der Waals surface area (Å²) in [5.41, 5.74) is 0.680. The minimum atomic E-state index is -0.465. The van der Waals surface area contributed by atoms with Crippen molar-refractivity contribution < 1.29 is 9.53 Å². The molecule has 100 valence electrons. The average molecular weight is 251 g/mol. The number of hydrogen-bond donors (Lipinski definition) is 1. The van der Waals surface area contributed by atoms with Crippen LogP contribution in [0.15, 0.2) is 18.3 Å². The molecule has 0 spiro atoms. The van der Waals surface area contributed by atoms with Crippen molar-refractivity contribution in [2.45, 2.75) is 26.9 Å². The van der Waals surface area contributed by atoms with Gasteiger partial charge in [0, 0.05) is 20.2 Å². The number of ether oxygens (including phenoxy) is 1. The molecule has 0 saturated carbocycles. The molecule has 1 amide bonds. The fourth-order valence-electron chi connectivity index (χ4n) is 1.55. The van der Waals surface area contributed by atoms with E-state index in [0.29, 0.717) is 5.69 Å².